The van der Waals surface area contributed by atoms with E-state index in [4.69, 9.17) is 0 Å². The fraction of sp³-hybridized carbons (Fsp3) is 0.125. The van der Waals surface area contributed by atoms with Gasteiger partial charge in [0, 0.05) is 0 Å². The largest absolute Gasteiger partial charge is 0.207 e. The number of halogens is 1. The predicted molar refractivity (Wildman–Crippen MR) is 75.4 cm³/mol. The smallest absolute Gasteiger partial charge is 0.123 e. The number of hydrogen-bond donors (Lipinski definition) is 0. The van der Waals surface area contributed by atoms with E-state index in [0.29, 0.717) is 0 Å². The van der Waals surface area contributed by atoms with Crippen molar-refractivity contribution in [2.24, 2.45) is 0 Å². The molecular weight excluding hydrogens is 211 g/mol. The topological polar surface area (TPSA) is 0 Å². The molecule has 2 rings (SSSR count). The van der Waals surface area contributed by atoms with Crippen LogP contribution in [-0.2, 0) is 0 Å². The molecule has 88 valence electrons. The molecular formula is C16H17F. The van der Waals surface area contributed by atoms with E-state index in [1.165, 1.54) is 12.1 Å². The van der Waals surface area contributed by atoms with Gasteiger partial charge in [0.05, 0.1) is 0 Å². The maximum absolute atomic E-state index is 13.0. The monoisotopic (exact) mass is 228 g/mol. The molecule has 1 heteroatoms. The number of fused-ring (bicyclic) bond motifs is 1. The Hall–Kier alpha value is -1.89. The molecule has 0 radical (unpaired) electrons. The van der Waals surface area contributed by atoms with Crippen molar-refractivity contribution in [3.8, 4) is 0 Å². The Kier molecular flexibility index (Phi) is 4.65. The first-order valence-corrected chi connectivity index (χ1v) is 5.73. The van der Waals surface area contributed by atoms with E-state index >= 15 is 0 Å². The predicted octanol–water partition coefficient (Wildman–Crippen LogP) is 5.29. The lowest BCUT2D eigenvalue weighted by Crippen LogP contribution is -1.83. The molecule has 2 aromatic carbocycles. The van der Waals surface area contributed by atoms with Crippen molar-refractivity contribution in [3.63, 3.8) is 0 Å². The zero-order valence-electron chi connectivity index (χ0n) is 10.3. The van der Waals surface area contributed by atoms with Crippen molar-refractivity contribution in [3.05, 3.63) is 60.4 Å². The standard InChI is InChI=1S/C14H11F.C2H6/c1-3-10-7-12-5-6-14(15)9-13(12)8-11(10)4-2;1-2/h3-9H,1-2H2;1-2H3. The van der Waals surface area contributed by atoms with Crippen LogP contribution in [0.3, 0.4) is 0 Å². The molecule has 0 atom stereocenters. The van der Waals surface area contributed by atoms with Crippen molar-refractivity contribution in [2.75, 3.05) is 0 Å². The van der Waals surface area contributed by atoms with Crippen molar-refractivity contribution in [2.45, 2.75) is 13.8 Å². The van der Waals surface area contributed by atoms with Crippen LogP contribution >= 0.6 is 0 Å². The first-order chi connectivity index (χ1) is 8.24. The van der Waals surface area contributed by atoms with Crippen LogP contribution in [0.25, 0.3) is 22.9 Å². The lowest BCUT2D eigenvalue weighted by atomic mass is 10.0. The summed E-state index contributed by atoms with van der Waals surface area (Å²) in [5.74, 6) is -0.219. The molecule has 0 saturated heterocycles. The maximum Gasteiger partial charge on any atom is 0.123 e. The highest BCUT2D eigenvalue weighted by Crippen LogP contribution is 2.22. The van der Waals surface area contributed by atoms with Gasteiger partial charge >= 0.3 is 0 Å². The Labute approximate surface area is 102 Å². The van der Waals surface area contributed by atoms with E-state index < -0.39 is 0 Å². The lowest BCUT2D eigenvalue weighted by Gasteiger charge is -2.04. The van der Waals surface area contributed by atoms with Gasteiger partial charge in [-0.25, -0.2) is 4.39 Å². The molecule has 0 aromatic heterocycles. The molecule has 17 heavy (non-hydrogen) atoms. The normalized spacial score (nSPS) is 9.35. The van der Waals surface area contributed by atoms with Gasteiger partial charge in [0.15, 0.2) is 0 Å². The maximum atomic E-state index is 13.0. The molecule has 0 aliphatic carbocycles. The van der Waals surface area contributed by atoms with Gasteiger partial charge in [-0.3, -0.25) is 0 Å². The summed E-state index contributed by atoms with van der Waals surface area (Å²) in [4.78, 5) is 0. The van der Waals surface area contributed by atoms with E-state index in [9.17, 15) is 4.39 Å². The van der Waals surface area contributed by atoms with E-state index in [0.717, 1.165) is 21.9 Å². The van der Waals surface area contributed by atoms with Crippen molar-refractivity contribution in [1.29, 1.82) is 0 Å². The molecule has 0 unspecified atom stereocenters. The van der Waals surface area contributed by atoms with Crippen molar-refractivity contribution in [1.82, 2.24) is 0 Å². The minimum Gasteiger partial charge on any atom is -0.207 e. The molecule has 0 aliphatic heterocycles. The fourth-order valence-electron chi connectivity index (χ4n) is 1.66. The minimum atomic E-state index is -0.219. The van der Waals surface area contributed by atoms with Crippen LogP contribution in [0.2, 0.25) is 0 Å². The molecule has 0 amide bonds. The summed E-state index contributed by atoms with van der Waals surface area (Å²) in [6.45, 7) is 11.5. The van der Waals surface area contributed by atoms with Gasteiger partial charge in [-0.1, -0.05) is 45.2 Å². The Balaban J connectivity index is 0.000000686. The third-order valence-corrected chi connectivity index (χ3v) is 2.44. The first kappa shape index (κ1) is 13.2. The quantitative estimate of drug-likeness (QED) is 0.655. The highest BCUT2D eigenvalue weighted by Gasteiger charge is 2.00. The summed E-state index contributed by atoms with van der Waals surface area (Å²) >= 11 is 0. The Bertz CT molecular complexity index is 538. The molecule has 0 N–H and O–H groups in total. The average Bonchev–Trinajstić information content (AvgIpc) is 2.39. The van der Waals surface area contributed by atoms with Crippen molar-refractivity contribution < 1.29 is 4.39 Å². The van der Waals surface area contributed by atoms with Gasteiger partial charge in [-0.05, 0) is 46.2 Å². The van der Waals surface area contributed by atoms with Crippen LogP contribution < -0.4 is 0 Å². The van der Waals surface area contributed by atoms with Gasteiger partial charge in [0.1, 0.15) is 5.82 Å². The second-order valence-corrected chi connectivity index (χ2v) is 3.38. The second-order valence-electron chi connectivity index (χ2n) is 3.38. The lowest BCUT2D eigenvalue weighted by molar-refractivity contribution is 0.630. The molecule has 0 fully saturated rings. The highest BCUT2D eigenvalue weighted by atomic mass is 19.1. The first-order valence-electron chi connectivity index (χ1n) is 5.73. The van der Waals surface area contributed by atoms with Crippen LogP contribution in [-0.4, -0.2) is 0 Å². The molecule has 0 heterocycles. The molecule has 0 spiro atoms. The van der Waals surface area contributed by atoms with Crippen LogP contribution in [0.15, 0.2) is 43.5 Å². The highest BCUT2D eigenvalue weighted by molar-refractivity contribution is 5.88. The van der Waals surface area contributed by atoms with Gasteiger partial charge < -0.3 is 0 Å². The fourth-order valence-corrected chi connectivity index (χ4v) is 1.66. The van der Waals surface area contributed by atoms with E-state index in [2.05, 4.69) is 13.2 Å². The number of hydrogen-bond acceptors (Lipinski definition) is 0. The van der Waals surface area contributed by atoms with Gasteiger partial charge in [-0.15, -0.1) is 0 Å². The Morgan fingerprint density at radius 2 is 1.41 bits per heavy atom. The molecule has 0 aliphatic rings. The Morgan fingerprint density at radius 1 is 0.882 bits per heavy atom. The zero-order chi connectivity index (χ0) is 12.8. The average molecular weight is 228 g/mol. The minimum absolute atomic E-state index is 0.219. The number of benzene rings is 2. The molecule has 2 aromatic rings. The van der Waals surface area contributed by atoms with Crippen LogP contribution in [0.4, 0.5) is 4.39 Å². The summed E-state index contributed by atoms with van der Waals surface area (Å²) < 4.78 is 13.0. The zero-order valence-corrected chi connectivity index (χ0v) is 10.3. The molecule has 0 saturated carbocycles. The molecule has 0 bridgehead atoms. The number of rotatable bonds is 2. The summed E-state index contributed by atoms with van der Waals surface area (Å²) in [5.41, 5.74) is 1.99. The SMILES string of the molecule is C=Cc1cc2ccc(F)cc2cc1C=C.CC. The summed E-state index contributed by atoms with van der Waals surface area (Å²) in [7, 11) is 0. The van der Waals surface area contributed by atoms with Gasteiger partial charge in [0.2, 0.25) is 0 Å². The summed E-state index contributed by atoms with van der Waals surface area (Å²) in [6, 6.07) is 8.66. The van der Waals surface area contributed by atoms with Crippen molar-refractivity contribution >= 4 is 22.9 Å². The van der Waals surface area contributed by atoms with E-state index in [1.54, 1.807) is 18.2 Å². The van der Waals surface area contributed by atoms with E-state index in [-0.39, 0.29) is 5.82 Å². The molecule has 0 nitrogen and oxygen atoms in total. The third-order valence-electron chi connectivity index (χ3n) is 2.44. The van der Waals surface area contributed by atoms with Crippen LogP contribution in [0.1, 0.15) is 25.0 Å². The Morgan fingerprint density at radius 3 is 1.94 bits per heavy atom. The van der Waals surface area contributed by atoms with Gasteiger partial charge in [0.25, 0.3) is 0 Å². The summed E-state index contributed by atoms with van der Waals surface area (Å²) in [5, 5.41) is 1.90. The second kappa shape index (κ2) is 6.00. The third kappa shape index (κ3) is 2.82. The van der Waals surface area contributed by atoms with Crippen LogP contribution in [0, 0.1) is 5.82 Å². The van der Waals surface area contributed by atoms with Crippen LogP contribution in [0.5, 0.6) is 0 Å². The van der Waals surface area contributed by atoms with Gasteiger partial charge in [-0.2, -0.15) is 0 Å². The van der Waals surface area contributed by atoms with E-state index in [1.807, 2.05) is 26.0 Å². The summed E-state index contributed by atoms with van der Waals surface area (Å²) in [6.07, 6.45) is 3.53.